The van der Waals surface area contributed by atoms with E-state index in [1.807, 2.05) is 53.6 Å². The molecule has 0 saturated carbocycles. The molecule has 0 radical (unpaired) electrons. The topological polar surface area (TPSA) is 74.8 Å². The van der Waals surface area contributed by atoms with Crippen LogP contribution in [0.4, 0.5) is 0 Å². The van der Waals surface area contributed by atoms with Crippen LogP contribution in [0.2, 0.25) is 0 Å². The van der Waals surface area contributed by atoms with E-state index in [1.165, 1.54) is 5.56 Å². The summed E-state index contributed by atoms with van der Waals surface area (Å²) in [5.74, 6) is 0.293. The van der Waals surface area contributed by atoms with Gasteiger partial charge < -0.3 is 4.90 Å². The number of para-hydroxylation sites is 1. The average Bonchev–Trinajstić information content (AvgIpc) is 3.42. The molecule has 1 aliphatic heterocycles. The molecule has 6 heteroatoms. The number of carbonyl (C=O) groups is 1. The summed E-state index contributed by atoms with van der Waals surface area (Å²) >= 11 is 0. The third-order valence-corrected chi connectivity index (χ3v) is 5.38. The van der Waals surface area contributed by atoms with Crippen LogP contribution < -0.4 is 0 Å². The highest BCUT2D eigenvalue weighted by Gasteiger charge is 2.30. The molecule has 1 fully saturated rings. The van der Waals surface area contributed by atoms with Gasteiger partial charge in [-0.1, -0.05) is 18.2 Å². The Hall–Kier alpha value is -3.54. The number of nitrogens with one attached hydrogen (secondary N) is 1. The number of H-pyrrole nitrogens is 1. The Morgan fingerprint density at radius 2 is 1.93 bits per heavy atom. The third kappa shape index (κ3) is 2.93. The summed E-state index contributed by atoms with van der Waals surface area (Å²) in [7, 11) is 0. The third-order valence-electron chi connectivity index (χ3n) is 5.38. The Balaban J connectivity index is 1.37. The molecule has 138 valence electrons. The second kappa shape index (κ2) is 6.88. The van der Waals surface area contributed by atoms with Crippen LogP contribution in [0.25, 0.3) is 22.2 Å². The first-order chi connectivity index (χ1) is 13.8. The van der Waals surface area contributed by atoms with E-state index >= 15 is 0 Å². The zero-order chi connectivity index (χ0) is 18.9. The molecule has 4 heterocycles. The summed E-state index contributed by atoms with van der Waals surface area (Å²) in [5, 5.41) is 8.08. The van der Waals surface area contributed by atoms with Gasteiger partial charge in [-0.15, -0.1) is 0 Å². The minimum atomic E-state index is -0.0108. The van der Waals surface area contributed by atoms with Crippen molar-refractivity contribution in [1.29, 1.82) is 0 Å². The van der Waals surface area contributed by atoms with Crippen molar-refractivity contribution >= 4 is 16.8 Å². The molecular weight excluding hydrogens is 350 g/mol. The fraction of sp³-hybridized carbons (Fsp3) is 0.182. The Labute approximate surface area is 162 Å². The molecule has 1 N–H and O–H groups in total. The zero-order valence-corrected chi connectivity index (χ0v) is 15.2. The highest BCUT2D eigenvalue weighted by Crippen LogP contribution is 2.30. The minimum absolute atomic E-state index is 0.0108. The lowest BCUT2D eigenvalue weighted by molar-refractivity contribution is 0.0787. The molecular formula is C22H19N5O. The number of pyridine rings is 2. The predicted molar refractivity (Wildman–Crippen MR) is 107 cm³/mol. The molecule has 28 heavy (non-hydrogen) atoms. The van der Waals surface area contributed by atoms with Gasteiger partial charge in [0.1, 0.15) is 0 Å². The molecule has 0 aliphatic carbocycles. The van der Waals surface area contributed by atoms with Crippen molar-refractivity contribution < 1.29 is 4.79 Å². The van der Waals surface area contributed by atoms with Crippen LogP contribution in [0.3, 0.4) is 0 Å². The summed E-state index contributed by atoms with van der Waals surface area (Å²) in [6.45, 7) is 1.43. The lowest BCUT2D eigenvalue weighted by atomic mass is 9.97. The number of aromatic nitrogens is 4. The first-order valence-corrected chi connectivity index (χ1v) is 9.38. The smallest absolute Gasteiger partial charge is 0.275 e. The van der Waals surface area contributed by atoms with E-state index in [9.17, 15) is 4.79 Å². The fourth-order valence-corrected chi connectivity index (χ4v) is 3.87. The maximum atomic E-state index is 13.0. The van der Waals surface area contributed by atoms with E-state index in [-0.39, 0.29) is 5.91 Å². The predicted octanol–water partition coefficient (Wildman–Crippen LogP) is 3.65. The molecule has 1 atom stereocenters. The van der Waals surface area contributed by atoms with Gasteiger partial charge in [0, 0.05) is 48.5 Å². The molecule has 5 rings (SSSR count). The number of aromatic amines is 1. The van der Waals surface area contributed by atoms with Crippen molar-refractivity contribution in [2.45, 2.75) is 12.3 Å². The second-order valence-electron chi connectivity index (χ2n) is 7.06. The van der Waals surface area contributed by atoms with Gasteiger partial charge in [0.15, 0.2) is 5.69 Å². The Kier molecular flexibility index (Phi) is 4.09. The van der Waals surface area contributed by atoms with Gasteiger partial charge >= 0.3 is 0 Å². The normalized spacial score (nSPS) is 16.6. The molecule has 0 spiro atoms. The average molecular weight is 369 g/mol. The molecule has 1 amide bonds. The molecule has 1 aliphatic rings. The quantitative estimate of drug-likeness (QED) is 0.598. The summed E-state index contributed by atoms with van der Waals surface area (Å²) in [6, 6.07) is 15.8. The van der Waals surface area contributed by atoms with Crippen LogP contribution in [0.1, 0.15) is 28.4 Å². The zero-order valence-electron chi connectivity index (χ0n) is 15.2. The van der Waals surface area contributed by atoms with Crippen molar-refractivity contribution in [3.05, 3.63) is 78.4 Å². The Morgan fingerprint density at radius 1 is 1.07 bits per heavy atom. The Bertz CT molecular complexity index is 1140. The van der Waals surface area contributed by atoms with Crippen molar-refractivity contribution in [2.75, 3.05) is 13.1 Å². The fourth-order valence-electron chi connectivity index (χ4n) is 3.87. The van der Waals surface area contributed by atoms with E-state index in [2.05, 4.69) is 26.2 Å². The van der Waals surface area contributed by atoms with Crippen molar-refractivity contribution in [3.8, 4) is 11.3 Å². The van der Waals surface area contributed by atoms with Crippen molar-refractivity contribution in [1.82, 2.24) is 25.1 Å². The van der Waals surface area contributed by atoms with Crippen LogP contribution in [0.15, 0.2) is 67.1 Å². The maximum absolute atomic E-state index is 13.0. The molecule has 0 unspecified atom stereocenters. The lowest BCUT2D eigenvalue weighted by Crippen LogP contribution is -2.28. The number of nitrogens with zero attached hydrogens (tertiary/aromatic N) is 4. The first kappa shape index (κ1) is 16.6. The highest BCUT2D eigenvalue weighted by molar-refractivity contribution is 6.04. The number of fused-ring (bicyclic) bond motifs is 1. The van der Waals surface area contributed by atoms with E-state index in [4.69, 9.17) is 0 Å². The first-order valence-electron chi connectivity index (χ1n) is 9.38. The van der Waals surface area contributed by atoms with E-state index < -0.39 is 0 Å². The summed E-state index contributed by atoms with van der Waals surface area (Å²) in [4.78, 5) is 23.5. The highest BCUT2D eigenvalue weighted by atomic mass is 16.2. The van der Waals surface area contributed by atoms with Crippen LogP contribution >= 0.6 is 0 Å². The number of rotatable bonds is 3. The van der Waals surface area contributed by atoms with Gasteiger partial charge in [-0.05, 0) is 42.3 Å². The maximum Gasteiger partial charge on any atom is 0.275 e. The van der Waals surface area contributed by atoms with Crippen LogP contribution in [-0.4, -0.2) is 44.1 Å². The van der Waals surface area contributed by atoms with Gasteiger partial charge in [0.05, 0.1) is 11.2 Å². The summed E-state index contributed by atoms with van der Waals surface area (Å²) in [5.41, 5.74) is 4.58. The van der Waals surface area contributed by atoms with Gasteiger partial charge in [-0.2, -0.15) is 5.10 Å². The van der Waals surface area contributed by atoms with E-state index in [0.717, 1.165) is 35.1 Å². The summed E-state index contributed by atoms with van der Waals surface area (Å²) < 4.78 is 0. The number of hydrogen-bond acceptors (Lipinski definition) is 4. The molecule has 3 aromatic heterocycles. The molecule has 6 nitrogen and oxygen atoms in total. The standard InChI is InChI=1S/C22H19N5O/c28-22(21-18-3-1-2-4-19(18)25-26-21)27-12-8-17(14-27)16-7-11-24-20(13-16)15-5-9-23-10-6-15/h1-7,9-11,13,17H,8,12,14H2,(H,25,26)/t17-/m1/s1. The van der Waals surface area contributed by atoms with Crippen LogP contribution in [0, 0.1) is 0 Å². The van der Waals surface area contributed by atoms with E-state index in [0.29, 0.717) is 18.2 Å². The number of likely N-dealkylation sites (tertiary alicyclic amines) is 1. The van der Waals surface area contributed by atoms with Crippen LogP contribution in [0.5, 0.6) is 0 Å². The van der Waals surface area contributed by atoms with Crippen molar-refractivity contribution in [2.24, 2.45) is 0 Å². The SMILES string of the molecule is O=C(c1n[nH]c2ccccc12)N1CC[C@@H](c2ccnc(-c3ccncc3)c2)C1. The number of hydrogen-bond donors (Lipinski definition) is 1. The number of carbonyl (C=O) groups excluding carboxylic acids is 1. The van der Waals surface area contributed by atoms with Gasteiger partial charge in [-0.3, -0.25) is 19.9 Å². The van der Waals surface area contributed by atoms with Crippen LogP contribution in [-0.2, 0) is 0 Å². The lowest BCUT2D eigenvalue weighted by Gasteiger charge is -2.16. The van der Waals surface area contributed by atoms with Gasteiger partial charge in [0.2, 0.25) is 0 Å². The van der Waals surface area contributed by atoms with E-state index in [1.54, 1.807) is 12.4 Å². The molecule has 4 aromatic rings. The largest absolute Gasteiger partial charge is 0.337 e. The number of benzene rings is 1. The summed E-state index contributed by atoms with van der Waals surface area (Å²) in [6.07, 6.45) is 6.33. The molecule has 0 bridgehead atoms. The minimum Gasteiger partial charge on any atom is -0.337 e. The Morgan fingerprint density at radius 3 is 2.82 bits per heavy atom. The second-order valence-corrected chi connectivity index (χ2v) is 7.06. The van der Waals surface area contributed by atoms with Gasteiger partial charge in [-0.25, -0.2) is 0 Å². The van der Waals surface area contributed by atoms with Gasteiger partial charge in [0.25, 0.3) is 5.91 Å². The number of amides is 1. The monoisotopic (exact) mass is 369 g/mol. The van der Waals surface area contributed by atoms with Crippen molar-refractivity contribution in [3.63, 3.8) is 0 Å². The molecule has 1 aromatic carbocycles. The molecule has 1 saturated heterocycles.